The number of primary amides is 1. The number of amides is 5. The predicted octanol–water partition coefficient (Wildman–Crippen LogP) is 5.82. The van der Waals surface area contributed by atoms with Gasteiger partial charge in [-0.15, -0.1) is 0 Å². The van der Waals surface area contributed by atoms with E-state index >= 15 is 0 Å². The number of fused-ring (bicyclic) bond motifs is 2. The second-order valence-corrected chi connectivity index (χ2v) is 17.0. The zero-order chi connectivity index (χ0) is 44.5. The molecule has 64 heavy (non-hydrogen) atoms. The molecule has 5 aromatic rings. The van der Waals surface area contributed by atoms with Gasteiger partial charge in [-0.3, -0.25) is 29.5 Å². The molecule has 0 aliphatic carbocycles. The lowest BCUT2D eigenvalue weighted by atomic mass is 9.95. The van der Waals surface area contributed by atoms with Gasteiger partial charge >= 0.3 is 6.03 Å². The molecule has 15 nitrogen and oxygen atoms in total. The number of ether oxygens (including phenoxy) is 1. The number of para-hydroxylation sites is 1. The Morgan fingerprint density at radius 1 is 0.844 bits per heavy atom. The van der Waals surface area contributed by atoms with Gasteiger partial charge in [0.2, 0.25) is 5.91 Å². The number of aromatic nitrogens is 2. The molecular formula is C48H53FN10O5. The van der Waals surface area contributed by atoms with E-state index in [-0.39, 0.29) is 29.8 Å². The molecule has 4 aliphatic heterocycles. The van der Waals surface area contributed by atoms with E-state index in [1.807, 2.05) is 41.9 Å². The molecule has 0 saturated carbocycles. The van der Waals surface area contributed by atoms with E-state index in [1.54, 1.807) is 4.90 Å². The van der Waals surface area contributed by atoms with Gasteiger partial charge < -0.3 is 30.9 Å². The number of aryl methyl sites for hydroxylation is 3. The SMILES string of the molecule is COc1c(F)cccc1C(=O)NCc1ccc(-c2nn3c(c2C(N)=O)Nc2ccc(N4CCN(CC5CCN(c6ccc(N7CCC(=O)NC7=O)cc6)CC5)CC4)cc2CC3)cc1C. The number of nitrogens with two attached hydrogens (primary N) is 1. The second-order valence-electron chi connectivity index (χ2n) is 17.0. The number of rotatable bonds is 11. The molecule has 0 bridgehead atoms. The van der Waals surface area contributed by atoms with Gasteiger partial charge in [0, 0.05) is 100 Å². The molecule has 3 saturated heterocycles. The highest BCUT2D eigenvalue weighted by Crippen LogP contribution is 2.37. The molecule has 4 aliphatic rings. The third-order valence-electron chi connectivity index (χ3n) is 13.1. The molecule has 0 unspecified atom stereocenters. The highest BCUT2D eigenvalue weighted by atomic mass is 19.1. The van der Waals surface area contributed by atoms with Crippen LogP contribution in [0.2, 0.25) is 0 Å². The highest BCUT2D eigenvalue weighted by molar-refractivity contribution is 6.06. The summed E-state index contributed by atoms with van der Waals surface area (Å²) in [4.78, 5) is 58.9. The fraction of sp³-hybridized carbons (Fsp3) is 0.354. The van der Waals surface area contributed by atoms with Crippen molar-refractivity contribution in [1.82, 2.24) is 25.3 Å². The van der Waals surface area contributed by atoms with E-state index in [0.29, 0.717) is 42.5 Å². The van der Waals surface area contributed by atoms with Gasteiger partial charge in [0.1, 0.15) is 17.1 Å². The van der Waals surface area contributed by atoms with Crippen molar-refractivity contribution in [2.45, 2.75) is 45.7 Å². The topological polar surface area (TPSA) is 170 Å². The lowest BCUT2D eigenvalue weighted by Gasteiger charge is -2.40. The summed E-state index contributed by atoms with van der Waals surface area (Å²) in [5, 5.41) is 13.6. The molecule has 5 amide bonds. The van der Waals surface area contributed by atoms with E-state index in [0.717, 1.165) is 104 Å². The number of hydrogen-bond donors (Lipinski definition) is 4. The van der Waals surface area contributed by atoms with E-state index in [1.165, 1.54) is 31.0 Å². The number of imide groups is 1. The van der Waals surface area contributed by atoms with E-state index in [4.69, 9.17) is 15.6 Å². The number of carbonyl (C=O) groups is 4. The summed E-state index contributed by atoms with van der Waals surface area (Å²) in [6, 6.07) is 24.1. The first-order valence-electron chi connectivity index (χ1n) is 22.0. The van der Waals surface area contributed by atoms with E-state index < -0.39 is 17.6 Å². The molecule has 5 N–H and O–H groups in total. The summed E-state index contributed by atoms with van der Waals surface area (Å²) in [6.07, 6.45) is 3.30. The van der Waals surface area contributed by atoms with Crippen LogP contribution in [0.1, 0.15) is 56.7 Å². The van der Waals surface area contributed by atoms with Crippen molar-refractivity contribution in [2.75, 3.05) is 79.5 Å². The zero-order valence-electron chi connectivity index (χ0n) is 36.2. The first kappa shape index (κ1) is 42.4. The standard InChI is InChI=1S/C48H53FN10O5/c1-30-26-33(6-7-34(30)28-51-47(62)38-4-3-5-39(49)44(38)64-2)43-42(45(50)61)46-52-40-13-12-37(27-32(40)16-21-59(46)54-43)57-24-22-55(23-25-57)29-31-14-18-56(19-15-31)35-8-10-36(11-9-35)58-20-17-41(60)53-48(58)63/h3-13,26-27,31,52H,14-25,28-29H2,1-2H3,(H2,50,61)(H,51,62)(H,53,60,63). The van der Waals surface area contributed by atoms with Crippen LogP contribution >= 0.6 is 0 Å². The Morgan fingerprint density at radius 3 is 2.30 bits per heavy atom. The number of piperazine rings is 1. The van der Waals surface area contributed by atoms with Gasteiger partial charge in [0.05, 0.1) is 12.7 Å². The van der Waals surface area contributed by atoms with Crippen molar-refractivity contribution < 1.29 is 28.3 Å². The van der Waals surface area contributed by atoms with Crippen LogP contribution in [0.15, 0.2) is 78.9 Å². The Balaban J connectivity index is 0.783. The van der Waals surface area contributed by atoms with Crippen LogP contribution in [0.25, 0.3) is 11.3 Å². The normalized spacial score (nSPS) is 17.0. The number of nitrogens with one attached hydrogen (secondary N) is 3. The van der Waals surface area contributed by atoms with Crippen LogP contribution in [0.5, 0.6) is 5.75 Å². The predicted molar refractivity (Wildman–Crippen MR) is 244 cm³/mol. The number of anilines is 5. The van der Waals surface area contributed by atoms with Crippen LogP contribution < -0.4 is 41.1 Å². The average molecular weight is 869 g/mol. The first-order valence-corrected chi connectivity index (χ1v) is 22.0. The number of methoxy groups -OCH3 is 1. The van der Waals surface area contributed by atoms with Crippen molar-refractivity contribution in [3.8, 4) is 17.0 Å². The Kier molecular flexibility index (Phi) is 11.9. The lowest BCUT2D eigenvalue weighted by molar-refractivity contribution is -0.120. The van der Waals surface area contributed by atoms with Gasteiger partial charge in [-0.05, 0) is 109 Å². The van der Waals surface area contributed by atoms with Gasteiger partial charge in [0.25, 0.3) is 11.8 Å². The molecule has 9 rings (SSSR count). The Morgan fingerprint density at radius 2 is 1.58 bits per heavy atom. The molecule has 0 spiro atoms. The summed E-state index contributed by atoms with van der Waals surface area (Å²) in [6.45, 7) is 10.1. The quantitative estimate of drug-likeness (QED) is 0.127. The third kappa shape index (κ3) is 8.69. The number of benzene rings is 4. The zero-order valence-corrected chi connectivity index (χ0v) is 36.2. The monoisotopic (exact) mass is 868 g/mol. The van der Waals surface area contributed by atoms with Gasteiger partial charge in [-0.25, -0.2) is 13.9 Å². The lowest BCUT2D eigenvalue weighted by Crippen LogP contribution is -2.49. The molecule has 4 aromatic carbocycles. The summed E-state index contributed by atoms with van der Waals surface area (Å²) in [7, 11) is 1.33. The van der Waals surface area contributed by atoms with Crippen LogP contribution in [-0.4, -0.2) is 97.9 Å². The van der Waals surface area contributed by atoms with E-state index in [2.05, 4.69) is 61.0 Å². The molecular weight excluding hydrogens is 816 g/mol. The molecule has 0 atom stereocenters. The van der Waals surface area contributed by atoms with Crippen LogP contribution in [0, 0.1) is 18.7 Å². The maximum Gasteiger partial charge on any atom is 0.328 e. The molecule has 3 fully saturated rings. The Hall–Kier alpha value is -6.94. The minimum atomic E-state index is -0.608. The Labute approximate surface area is 371 Å². The highest BCUT2D eigenvalue weighted by Gasteiger charge is 2.29. The minimum Gasteiger partial charge on any atom is -0.493 e. The summed E-state index contributed by atoms with van der Waals surface area (Å²) < 4.78 is 21.1. The maximum atomic E-state index is 14.2. The number of halogens is 1. The Bertz CT molecular complexity index is 2600. The number of nitrogens with zero attached hydrogens (tertiary/aromatic N) is 6. The van der Waals surface area contributed by atoms with Gasteiger partial charge in [-0.1, -0.05) is 18.2 Å². The van der Waals surface area contributed by atoms with Crippen molar-refractivity contribution in [3.63, 3.8) is 0 Å². The number of urea groups is 1. The fourth-order valence-corrected chi connectivity index (χ4v) is 9.43. The maximum absolute atomic E-state index is 14.2. The first-order chi connectivity index (χ1) is 31.0. The van der Waals surface area contributed by atoms with Crippen LogP contribution in [-0.2, 0) is 24.3 Å². The largest absolute Gasteiger partial charge is 0.493 e. The molecule has 332 valence electrons. The summed E-state index contributed by atoms with van der Waals surface area (Å²) in [5.74, 6) is -0.767. The van der Waals surface area contributed by atoms with Crippen molar-refractivity contribution in [2.24, 2.45) is 11.7 Å². The smallest absolute Gasteiger partial charge is 0.328 e. The molecule has 16 heteroatoms. The van der Waals surface area contributed by atoms with Crippen LogP contribution in [0.3, 0.4) is 0 Å². The molecule has 0 radical (unpaired) electrons. The van der Waals surface area contributed by atoms with E-state index in [9.17, 15) is 23.6 Å². The third-order valence-corrected chi connectivity index (χ3v) is 13.1. The second kappa shape index (κ2) is 18.0. The number of piperidine rings is 1. The minimum absolute atomic E-state index is 0.104. The van der Waals surface area contributed by atoms with Crippen LogP contribution in [0.4, 0.5) is 37.8 Å². The van der Waals surface area contributed by atoms with Gasteiger partial charge in [-0.2, -0.15) is 5.10 Å². The average Bonchev–Trinajstić information content (AvgIpc) is 3.57. The fourth-order valence-electron chi connectivity index (χ4n) is 9.43. The summed E-state index contributed by atoms with van der Waals surface area (Å²) >= 11 is 0. The molecule has 1 aromatic heterocycles. The van der Waals surface area contributed by atoms with Gasteiger partial charge in [0.15, 0.2) is 11.6 Å². The number of hydrogen-bond acceptors (Lipinski definition) is 10. The summed E-state index contributed by atoms with van der Waals surface area (Å²) in [5.41, 5.74) is 14.6. The van der Waals surface area contributed by atoms with Crippen molar-refractivity contribution >= 4 is 52.3 Å². The van der Waals surface area contributed by atoms with Crippen molar-refractivity contribution in [3.05, 3.63) is 112 Å². The number of carbonyl (C=O) groups excluding carboxylic acids is 4. The van der Waals surface area contributed by atoms with Crippen molar-refractivity contribution in [1.29, 1.82) is 0 Å². The molecule has 5 heterocycles.